The Labute approximate surface area is 136 Å². The van der Waals surface area contributed by atoms with E-state index in [2.05, 4.69) is 10.3 Å². The third-order valence-electron chi connectivity index (χ3n) is 2.98. The molecule has 0 bridgehead atoms. The number of hydrogen-bond acceptors (Lipinski definition) is 2. The Morgan fingerprint density at radius 1 is 1.08 bits per heavy atom. The zero-order valence-electron chi connectivity index (χ0n) is 12.5. The molecule has 0 atom stereocenters. The fraction of sp³-hybridized carbons (Fsp3) is 0.0588. The maximum absolute atomic E-state index is 13.4. The SMILES string of the molecule is NC(/C=C\Nc1ccc(F)c(F)c1)=NC(=O)Cc1ccccc1F. The van der Waals surface area contributed by atoms with E-state index >= 15 is 0 Å². The van der Waals surface area contributed by atoms with Crippen LogP contribution in [0.1, 0.15) is 5.56 Å². The highest BCUT2D eigenvalue weighted by atomic mass is 19.2. The Morgan fingerprint density at radius 3 is 2.54 bits per heavy atom. The molecule has 1 amide bonds. The van der Waals surface area contributed by atoms with Crippen molar-refractivity contribution >= 4 is 17.4 Å². The number of amides is 1. The first-order valence-corrected chi connectivity index (χ1v) is 6.94. The third-order valence-corrected chi connectivity index (χ3v) is 2.98. The maximum Gasteiger partial charge on any atom is 0.252 e. The molecule has 0 fully saturated rings. The van der Waals surface area contributed by atoms with E-state index in [1.54, 1.807) is 6.07 Å². The van der Waals surface area contributed by atoms with Crippen molar-refractivity contribution in [3.05, 3.63) is 77.8 Å². The normalized spacial score (nSPS) is 11.7. The molecule has 0 spiro atoms. The van der Waals surface area contributed by atoms with E-state index in [1.807, 2.05) is 0 Å². The summed E-state index contributed by atoms with van der Waals surface area (Å²) in [7, 11) is 0. The first-order valence-electron chi connectivity index (χ1n) is 6.94. The summed E-state index contributed by atoms with van der Waals surface area (Å²) in [6, 6.07) is 9.15. The average molecular weight is 333 g/mol. The summed E-state index contributed by atoms with van der Waals surface area (Å²) in [5.74, 6) is -3.14. The van der Waals surface area contributed by atoms with Crippen molar-refractivity contribution in [1.82, 2.24) is 0 Å². The van der Waals surface area contributed by atoms with Gasteiger partial charge < -0.3 is 11.1 Å². The number of aliphatic imine (C=N–C) groups is 1. The zero-order valence-corrected chi connectivity index (χ0v) is 12.5. The summed E-state index contributed by atoms with van der Waals surface area (Å²) in [6.07, 6.45) is 2.39. The van der Waals surface area contributed by atoms with Gasteiger partial charge in [0.15, 0.2) is 11.6 Å². The number of carbonyl (C=O) groups excluding carboxylic acids is 1. The van der Waals surface area contributed by atoms with E-state index in [0.717, 1.165) is 12.1 Å². The topological polar surface area (TPSA) is 67.5 Å². The van der Waals surface area contributed by atoms with Gasteiger partial charge >= 0.3 is 0 Å². The van der Waals surface area contributed by atoms with Crippen LogP contribution in [0.5, 0.6) is 0 Å². The standard InChI is InChI=1S/C17H14F3N3O/c18-13-4-2-1-3-11(13)9-17(24)23-16(21)7-8-22-12-5-6-14(19)15(20)10-12/h1-8,10,22H,9H2,(H2,21,23,24)/b8-7-. The van der Waals surface area contributed by atoms with E-state index in [0.29, 0.717) is 5.69 Å². The molecule has 0 saturated carbocycles. The molecule has 2 aromatic rings. The number of carbonyl (C=O) groups is 1. The quantitative estimate of drug-likeness (QED) is 0.652. The summed E-state index contributed by atoms with van der Waals surface area (Å²) in [4.78, 5) is 15.3. The van der Waals surface area contributed by atoms with Crippen molar-refractivity contribution < 1.29 is 18.0 Å². The van der Waals surface area contributed by atoms with Crippen LogP contribution in [-0.4, -0.2) is 11.7 Å². The van der Waals surface area contributed by atoms with Crippen molar-refractivity contribution in [2.24, 2.45) is 10.7 Å². The third kappa shape index (κ3) is 4.98. The van der Waals surface area contributed by atoms with Gasteiger partial charge in [-0.3, -0.25) is 4.79 Å². The number of nitrogens with one attached hydrogen (secondary N) is 1. The predicted octanol–water partition coefficient (Wildman–Crippen LogP) is 3.16. The van der Waals surface area contributed by atoms with Crippen LogP contribution in [0.4, 0.5) is 18.9 Å². The van der Waals surface area contributed by atoms with E-state index < -0.39 is 23.4 Å². The number of benzene rings is 2. The Hall–Kier alpha value is -3.09. The van der Waals surface area contributed by atoms with Crippen LogP contribution in [0.3, 0.4) is 0 Å². The monoisotopic (exact) mass is 333 g/mol. The van der Waals surface area contributed by atoms with Gasteiger partial charge in [0.05, 0.1) is 6.42 Å². The van der Waals surface area contributed by atoms with Gasteiger partial charge in [-0.2, -0.15) is 4.99 Å². The molecular weight excluding hydrogens is 319 g/mol. The van der Waals surface area contributed by atoms with Crippen LogP contribution < -0.4 is 11.1 Å². The molecule has 0 aliphatic rings. The van der Waals surface area contributed by atoms with E-state index in [9.17, 15) is 18.0 Å². The molecule has 0 saturated heterocycles. The van der Waals surface area contributed by atoms with Gasteiger partial charge in [-0.15, -0.1) is 0 Å². The van der Waals surface area contributed by atoms with E-state index in [-0.39, 0.29) is 17.8 Å². The van der Waals surface area contributed by atoms with Crippen LogP contribution in [-0.2, 0) is 11.2 Å². The Morgan fingerprint density at radius 2 is 1.83 bits per heavy atom. The first kappa shape index (κ1) is 17.3. The number of halogens is 3. The molecule has 0 aliphatic carbocycles. The molecule has 2 aromatic carbocycles. The maximum atomic E-state index is 13.4. The molecule has 0 radical (unpaired) electrons. The molecule has 4 nitrogen and oxygen atoms in total. The average Bonchev–Trinajstić information content (AvgIpc) is 2.53. The van der Waals surface area contributed by atoms with Crippen molar-refractivity contribution in [2.75, 3.05) is 5.32 Å². The lowest BCUT2D eigenvalue weighted by atomic mass is 10.1. The Bertz CT molecular complexity index is 803. The van der Waals surface area contributed by atoms with E-state index in [4.69, 9.17) is 5.73 Å². The Kier molecular flexibility index (Phi) is 5.73. The van der Waals surface area contributed by atoms with Crippen molar-refractivity contribution in [3.63, 3.8) is 0 Å². The summed E-state index contributed by atoms with van der Waals surface area (Å²) in [5, 5.41) is 2.66. The van der Waals surface area contributed by atoms with Crippen LogP contribution in [0.15, 0.2) is 59.7 Å². The van der Waals surface area contributed by atoms with Gasteiger partial charge in [0.2, 0.25) is 0 Å². The molecule has 124 valence electrons. The highest BCUT2D eigenvalue weighted by molar-refractivity contribution is 6.00. The van der Waals surface area contributed by atoms with Crippen molar-refractivity contribution in [2.45, 2.75) is 6.42 Å². The zero-order chi connectivity index (χ0) is 17.5. The lowest BCUT2D eigenvalue weighted by molar-refractivity contribution is -0.117. The van der Waals surface area contributed by atoms with E-state index in [1.165, 1.54) is 36.5 Å². The number of nitrogens with zero attached hydrogens (tertiary/aromatic N) is 1. The molecule has 0 unspecified atom stereocenters. The number of rotatable bonds is 5. The molecule has 0 aliphatic heterocycles. The number of amidine groups is 1. The van der Waals surface area contributed by atoms with Gasteiger partial charge in [-0.05, 0) is 29.8 Å². The van der Waals surface area contributed by atoms with Gasteiger partial charge in [-0.25, -0.2) is 13.2 Å². The largest absolute Gasteiger partial charge is 0.384 e. The molecule has 7 heteroatoms. The molecule has 0 aromatic heterocycles. The minimum absolute atomic E-state index is 0.105. The van der Waals surface area contributed by atoms with Crippen LogP contribution in [0.25, 0.3) is 0 Å². The fourth-order valence-corrected chi connectivity index (χ4v) is 1.83. The van der Waals surface area contributed by atoms with Gasteiger partial charge in [0.1, 0.15) is 11.7 Å². The fourth-order valence-electron chi connectivity index (χ4n) is 1.83. The van der Waals surface area contributed by atoms with Crippen molar-refractivity contribution in [3.8, 4) is 0 Å². The summed E-state index contributed by atoms with van der Waals surface area (Å²) >= 11 is 0. The summed E-state index contributed by atoms with van der Waals surface area (Å²) in [5.41, 5.74) is 6.09. The second-order valence-corrected chi connectivity index (χ2v) is 4.81. The number of nitrogens with two attached hydrogens (primary N) is 1. The molecule has 24 heavy (non-hydrogen) atoms. The van der Waals surface area contributed by atoms with Crippen molar-refractivity contribution in [1.29, 1.82) is 0 Å². The minimum Gasteiger partial charge on any atom is -0.384 e. The highest BCUT2D eigenvalue weighted by Crippen LogP contribution is 2.12. The lowest BCUT2D eigenvalue weighted by Crippen LogP contribution is -2.13. The molecular formula is C17H14F3N3O. The number of anilines is 1. The van der Waals surface area contributed by atoms with Gasteiger partial charge in [0.25, 0.3) is 5.91 Å². The van der Waals surface area contributed by atoms with Gasteiger partial charge in [0, 0.05) is 18.0 Å². The van der Waals surface area contributed by atoms with Gasteiger partial charge in [-0.1, -0.05) is 18.2 Å². The minimum atomic E-state index is -0.991. The highest BCUT2D eigenvalue weighted by Gasteiger charge is 2.06. The molecule has 0 heterocycles. The van der Waals surface area contributed by atoms with Crippen LogP contribution >= 0.6 is 0 Å². The van der Waals surface area contributed by atoms with Crippen LogP contribution in [0.2, 0.25) is 0 Å². The summed E-state index contributed by atoms with van der Waals surface area (Å²) in [6.45, 7) is 0. The molecule has 2 rings (SSSR count). The smallest absolute Gasteiger partial charge is 0.252 e. The second kappa shape index (κ2) is 7.96. The van der Waals surface area contributed by atoms with Crippen LogP contribution in [0, 0.1) is 17.5 Å². The number of hydrogen-bond donors (Lipinski definition) is 2. The lowest BCUT2D eigenvalue weighted by Gasteiger charge is -2.01. The Balaban J connectivity index is 1.94. The predicted molar refractivity (Wildman–Crippen MR) is 85.9 cm³/mol. The summed E-state index contributed by atoms with van der Waals surface area (Å²) < 4.78 is 39.2. The second-order valence-electron chi connectivity index (χ2n) is 4.81. The molecule has 3 N–H and O–H groups in total. The first-order chi connectivity index (χ1) is 11.5.